The molecule has 0 spiro atoms. The van der Waals surface area contributed by atoms with Gasteiger partial charge < -0.3 is 14.9 Å². The van der Waals surface area contributed by atoms with Crippen LogP contribution in [0.2, 0.25) is 0 Å². The molecule has 0 bridgehead atoms. The number of carbonyl (C=O) groups excluding carboxylic acids is 1. The van der Waals surface area contributed by atoms with Crippen molar-refractivity contribution in [3.05, 3.63) is 30.0 Å². The Balaban J connectivity index is 1.29. The lowest BCUT2D eigenvalue weighted by molar-refractivity contribution is -0.151. The van der Waals surface area contributed by atoms with E-state index < -0.39 is 0 Å². The topological polar surface area (TPSA) is 74.3 Å². The van der Waals surface area contributed by atoms with Gasteiger partial charge in [0.15, 0.2) is 0 Å². The summed E-state index contributed by atoms with van der Waals surface area (Å²) in [6.45, 7) is 2.83. The SMILES string of the molecule is CCCCCCCCCCCCCCCCCCCCCC(=O)ONCCc1c[nH]c2ccc(O)cc12. The van der Waals surface area contributed by atoms with Crippen molar-refractivity contribution < 1.29 is 14.7 Å². The zero-order chi connectivity index (χ0) is 26.4. The van der Waals surface area contributed by atoms with Gasteiger partial charge in [-0.1, -0.05) is 122 Å². The molecule has 0 atom stereocenters. The molecule has 0 radical (unpaired) electrons. The Morgan fingerprint density at radius 3 is 1.84 bits per heavy atom. The molecule has 0 amide bonds. The normalized spacial score (nSPS) is 11.4. The summed E-state index contributed by atoms with van der Waals surface area (Å²) in [6, 6.07) is 5.29. The minimum atomic E-state index is -0.177. The number of hydroxylamine groups is 1. The van der Waals surface area contributed by atoms with E-state index in [1.165, 1.54) is 109 Å². The van der Waals surface area contributed by atoms with Gasteiger partial charge in [0, 0.05) is 30.1 Å². The summed E-state index contributed by atoms with van der Waals surface area (Å²) in [7, 11) is 0. The number of fused-ring (bicyclic) bond motifs is 1. The third kappa shape index (κ3) is 15.1. The number of H-pyrrole nitrogens is 1. The number of phenolic OH excluding ortho intramolecular Hbond substituents is 1. The van der Waals surface area contributed by atoms with E-state index in [1.54, 1.807) is 12.1 Å². The molecule has 0 aliphatic heterocycles. The minimum absolute atomic E-state index is 0.177. The van der Waals surface area contributed by atoms with Crippen LogP contribution in [-0.2, 0) is 16.1 Å². The van der Waals surface area contributed by atoms with Gasteiger partial charge in [-0.25, -0.2) is 0 Å². The molecule has 210 valence electrons. The average molecular weight is 515 g/mol. The van der Waals surface area contributed by atoms with E-state index in [0.29, 0.717) is 13.0 Å². The van der Waals surface area contributed by atoms with Gasteiger partial charge in [-0.2, -0.15) is 5.48 Å². The number of hydrogen-bond donors (Lipinski definition) is 3. The Kier molecular flexibility index (Phi) is 17.7. The van der Waals surface area contributed by atoms with Gasteiger partial charge in [0.1, 0.15) is 5.75 Å². The van der Waals surface area contributed by atoms with Gasteiger partial charge in [0.05, 0.1) is 0 Å². The lowest BCUT2D eigenvalue weighted by atomic mass is 10.0. The first-order valence-electron chi connectivity index (χ1n) is 15.4. The molecule has 1 heterocycles. The van der Waals surface area contributed by atoms with Gasteiger partial charge in [-0.05, 0) is 36.6 Å². The summed E-state index contributed by atoms with van der Waals surface area (Å²) in [5, 5.41) is 10.7. The number of rotatable bonds is 24. The average Bonchev–Trinajstić information content (AvgIpc) is 3.29. The number of hydrogen-bond acceptors (Lipinski definition) is 4. The number of benzene rings is 1. The second-order valence-electron chi connectivity index (χ2n) is 10.8. The van der Waals surface area contributed by atoms with Crippen LogP contribution in [0.15, 0.2) is 24.4 Å². The number of aromatic hydroxyl groups is 1. The second-order valence-corrected chi connectivity index (χ2v) is 10.8. The Bertz CT molecular complexity index is 833. The molecule has 5 heteroatoms. The highest BCUT2D eigenvalue weighted by molar-refractivity contribution is 5.84. The first kappa shape index (κ1) is 31.2. The fourth-order valence-electron chi connectivity index (χ4n) is 5.09. The predicted molar refractivity (Wildman–Crippen MR) is 156 cm³/mol. The highest BCUT2D eigenvalue weighted by Gasteiger charge is 2.06. The number of nitrogens with one attached hydrogen (secondary N) is 2. The van der Waals surface area contributed by atoms with E-state index in [9.17, 15) is 9.90 Å². The smallest absolute Gasteiger partial charge is 0.324 e. The van der Waals surface area contributed by atoms with Gasteiger partial charge in [0.25, 0.3) is 0 Å². The lowest BCUT2D eigenvalue weighted by Gasteiger charge is -2.06. The van der Waals surface area contributed by atoms with E-state index in [1.807, 2.05) is 12.3 Å². The monoisotopic (exact) mass is 514 g/mol. The van der Waals surface area contributed by atoms with Crippen LogP contribution in [-0.4, -0.2) is 22.6 Å². The van der Waals surface area contributed by atoms with Crippen molar-refractivity contribution >= 4 is 16.9 Å². The highest BCUT2D eigenvalue weighted by atomic mass is 16.7. The third-order valence-electron chi connectivity index (χ3n) is 7.42. The fourth-order valence-corrected chi connectivity index (χ4v) is 5.09. The zero-order valence-electron chi connectivity index (χ0n) is 23.6. The molecule has 1 aromatic carbocycles. The first-order chi connectivity index (χ1) is 18.2. The Morgan fingerprint density at radius 1 is 0.784 bits per heavy atom. The van der Waals surface area contributed by atoms with Gasteiger partial charge >= 0.3 is 5.97 Å². The molecule has 2 rings (SSSR count). The summed E-state index contributed by atoms with van der Waals surface area (Å²) >= 11 is 0. The van der Waals surface area contributed by atoms with Gasteiger partial charge in [-0.15, -0.1) is 0 Å². The number of unbranched alkanes of at least 4 members (excludes halogenated alkanes) is 18. The van der Waals surface area contributed by atoms with E-state index in [4.69, 9.17) is 4.84 Å². The predicted octanol–water partition coefficient (Wildman–Crippen LogP) is 9.29. The van der Waals surface area contributed by atoms with Crippen LogP contribution in [0.5, 0.6) is 5.75 Å². The summed E-state index contributed by atoms with van der Waals surface area (Å²) in [6.07, 6.45) is 28.8. The number of aromatic amines is 1. The Morgan fingerprint density at radius 2 is 1.30 bits per heavy atom. The maximum atomic E-state index is 11.9. The molecule has 0 fully saturated rings. The largest absolute Gasteiger partial charge is 0.508 e. The van der Waals surface area contributed by atoms with Crippen LogP contribution in [0, 0.1) is 0 Å². The number of phenols is 1. The first-order valence-corrected chi connectivity index (χ1v) is 15.4. The van der Waals surface area contributed by atoms with Crippen molar-refractivity contribution in [3.63, 3.8) is 0 Å². The van der Waals surface area contributed by atoms with Crippen LogP contribution >= 0.6 is 0 Å². The third-order valence-corrected chi connectivity index (χ3v) is 7.42. The molecule has 0 saturated carbocycles. The molecule has 0 aliphatic carbocycles. The Labute approximate surface area is 226 Å². The van der Waals surface area contributed by atoms with E-state index in [2.05, 4.69) is 17.4 Å². The van der Waals surface area contributed by atoms with Crippen LogP contribution in [0.4, 0.5) is 0 Å². The van der Waals surface area contributed by atoms with Crippen molar-refractivity contribution in [3.8, 4) is 5.75 Å². The maximum Gasteiger partial charge on any atom is 0.324 e. The van der Waals surface area contributed by atoms with Crippen molar-refractivity contribution in [2.75, 3.05) is 6.54 Å². The van der Waals surface area contributed by atoms with Crippen molar-refractivity contribution in [1.29, 1.82) is 0 Å². The number of carbonyl (C=O) groups is 1. The summed E-state index contributed by atoms with van der Waals surface area (Å²) in [5.74, 6) is 0.0795. The Hall–Kier alpha value is -2.01. The summed E-state index contributed by atoms with van der Waals surface area (Å²) < 4.78 is 0. The molecule has 37 heavy (non-hydrogen) atoms. The van der Waals surface area contributed by atoms with E-state index >= 15 is 0 Å². The van der Waals surface area contributed by atoms with Crippen LogP contribution in [0.1, 0.15) is 141 Å². The van der Waals surface area contributed by atoms with Crippen molar-refractivity contribution in [2.24, 2.45) is 0 Å². The standard InChI is InChI=1S/C32H54N2O3/c1-2-3-4-5-6-7-8-9-10-11-12-13-14-15-16-17-18-19-20-21-32(36)37-34-25-24-28-27-33-31-23-22-29(35)26-30(28)31/h22-23,26-27,33-35H,2-21,24-25H2,1H3. The number of aromatic nitrogens is 1. The van der Waals surface area contributed by atoms with Crippen molar-refractivity contribution in [1.82, 2.24) is 10.5 Å². The molecule has 2 aromatic rings. The van der Waals surface area contributed by atoms with Gasteiger partial charge in [-0.3, -0.25) is 4.79 Å². The molecule has 3 N–H and O–H groups in total. The molecule has 0 unspecified atom stereocenters. The van der Waals surface area contributed by atoms with Crippen LogP contribution in [0.25, 0.3) is 10.9 Å². The van der Waals surface area contributed by atoms with Gasteiger partial charge in [0.2, 0.25) is 0 Å². The molecule has 0 saturated heterocycles. The molecule has 1 aromatic heterocycles. The quantitative estimate of drug-likeness (QED) is 0.0963. The molecule has 0 aliphatic rings. The highest BCUT2D eigenvalue weighted by Crippen LogP contribution is 2.23. The summed E-state index contributed by atoms with van der Waals surface area (Å²) in [4.78, 5) is 20.3. The minimum Gasteiger partial charge on any atom is -0.508 e. The zero-order valence-corrected chi connectivity index (χ0v) is 23.6. The van der Waals surface area contributed by atoms with Crippen LogP contribution < -0.4 is 5.48 Å². The van der Waals surface area contributed by atoms with Crippen molar-refractivity contribution in [2.45, 2.75) is 142 Å². The van der Waals surface area contributed by atoms with Crippen LogP contribution in [0.3, 0.4) is 0 Å². The second kappa shape index (κ2) is 21.0. The van der Waals surface area contributed by atoms with E-state index in [-0.39, 0.29) is 11.7 Å². The lowest BCUT2D eigenvalue weighted by Crippen LogP contribution is -2.22. The maximum absolute atomic E-state index is 11.9. The molecule has 5 nitrogen and oxygen atoms in total. The molecular formula is C32H54N2O3. The fraction of sp³-hybridized carbons (Fsp3) is 0.719. The summed E-state index contributed by atoms with van der Waals surface area (Å²) in [5.41, 5.74) is 4.87. The molecular weight excluding hydrogens is 460 g/mol. The van der Waals surface area contributed by atoms with E-state index in [0.717, 1.165) is 35.7 Å².